The molecule has 4 heteroatoms. The second-order valence-electron chi connectivity index (χ2n) is 4.29. The second kappa shape index (κ2) is 4.49. The van der Waals surface area contributed by atoms with Crippen LogP contribution in [0.25, 0.3) is 0 Å². The van der Waals surface area contributed by atoms with Gasteiger partial charge in [0, 0.05) is 19.5 Å². The number of carbonyl (C=O) groups excluding carboxylic acids is 1. The molecule has 2 aliphatic heterocycles. The maximum atomic E-state index is 11.5. The van der Waals surface area contributed by atoms with Crippen LogP contribution >= 0.6 is 11.6 Å². The molecule has 0 aromatic carbocycles. The van der Waals surface area contributed by atoms with E-state index in [0.717, 1.165) is 26.2 Å². The van der Waals surface area contributed by atoms with Gasteiger partial charge in [-0.25, -0.2) is 0 Å². The van der Waals surface area contributed by atoms with Gasteiger partial charge in [0.1, 0.15) is 0 Å². The van der Waals surface area contributed by atoms with E-state index in [-0.39, 0.29) is 11.3 Å². The van der Waals surface area contributed by atoms with Crippen LogP contribution in [0.2, 0.25) is 0 Å². The molecule has 0 spiro atoms. The van der Waals surface area contributed by atoms with Gasteiger partial charge in [-0.3, -0.25) is 4.79 Å². The molecule has 2 aliphatic rings. The van der Waals surface area contributed by atoms with E-state index < -0.39 is 0 Å². The van der Waals surface area contributed by atoms with Crippen molar-refractivity contribution in [3.05, 3.63) is 0 Å². The van der Waals surface area contributed by atoms with Gasteiger partial charge in [-0.2, -0.15) is 0 Å². The van der Waals surface area contributed by atoms with E-state index in [9.17, 15) is 4.79 Å². The lowest BCUT2D eigenvalue weighted by Gasteiger charge is -2.27. The van der Waals surface area contributed by atoms with Gasteiger partial charge in [-0.15, -0.1) is 11.6 Å². The highest BCUT2D eigenvalue weighted by atomic mass is 35.5. The Morgan fingerprint density at radius 1 is 1.43 bits per heavy atom. The standard InChI is InChI=1S/C10H17ClN2O/c11-9-5-10(14)13(7-9)6-8-1-3-12-4-2-8/h8-9,12H,1-7H2. The van der Waals surface area contributed by atoms with Crippen molar-refractivity contribution in [2.45, 2.75) is 24.6 Å². The summed E-state index contributed by atoms with van der Waals surface area (Å²) in [6.45, 7) is 3.86. The summed E-state index contributed by atoms with van der Waals surface area (Å²) in [6.07, 6.45) is 2.92. The molecule has 0 aliphatic carbocycles. The molecule has 1 atom stereocenters. The number of carbonyl (C=O) groups is 1. The zero-order valence-electron chi connectivity index (χ0n) is 8.34. The minimum absolute atomic E-state index is 0.0456. The van der Waals surface area contributed by atoms with E-state index in [0.29, 0.717) is 12.3 Å². The number of rotatable bonds is 2. The van der Waals surface area contributed by atoms with Crippen LogP contribution in [0.5, 0.6) is 0 Å². The molecule has 0 bridgehead atoms. The zero-order valence-corrected chi connectivity index (χ0v) is 9.09. The van der Waals surface area contributed by atoms with E-state index >= 15 is 0 Å². The van der Waals surface area contributed by atoms with Crippen LogP contribution in [-0.2, 0) is 4.79 Å². The third kappa shape index (κ3) is 2.39. The minimum atomic E-state index is 0.0456. The number of piperidine rings is 1. The number of nitrogens with zero attached hydrogens (tertiary/aromatic N) is 1. The SMILES string of the molecule is O=C1CC(Cl)CN1CC1CCNCC1. The fourth-order valence-electron chi connectivity index (χ4n) is 2.28. The number of halogens is 1. The van der Waals surface area contributed by atoms with Gasteiger partial charge in [0.2, 0.25) is 5.91 Å². The average Bonchev–Trinajstić information content (AvgIpc) is 2.47. The fraction of sp³-hybridized carbons (Fsp3) is 0.900. The van der Waals surface area contributed by atoms with E-state index in [2.05, 4.69) is 5.32 Å². The average molecular weight is 217 g/mol. The molecule has 1 N–H and O–H groups in total. The summed E-state index contributed by atoms with van der Waals surface area (Å²) in [5.41, 5.74) is 0. The normalized spacial score (nSPS) is 29.9. The topological polar surface area (TPSA) is 32.3 Å². The molecular formula is C10H17ClN2O. The molecule has 0 aromatic rings. The molecule has 0 saturated carbocycles. The lowest BCUT2D eigenvalue weighted by molar-refractivity contribution is -0.128. The predicted molar refractivity (Wildman–Crippen MR) is 56.4 cm³/mol. The lowest BCUT2D eigenvalue weighted by Crippen LogP contribution is -2.37. The first-order valence-corrected chi connectivity index (χ1v) is 5.82. The summed E-state index contributed by atoms with van der Waals surface area (Å²) in [6, 6.07) is 0. The lowest BCUT2D eigenvalue weighted by atomic mass is 9.98. The van der Waals surface area contributed by atoms with Gasteiger partial charge >= 0.3 is 0 Å². The van der Waals surface area contributed by atoms with Gasteiger partial charge < -0.3 is 10.2 Å². The Labute approximate surface area is 89.8 Å². The summed E-state index contributed by atoms with van der Waals surface area (Å²) in [5, 5.41) is 3.38. The Hall–Kier alpha value is -0.280. The van der Waals surface area contributed by atoms with E-state index in [1.807, 2.05) is 4.90 Å². The Morgan fingerprint density at radius 3 is 2.71 bits per heavy atom. The molecule has 2 saturated heterocycles. The highest BCUT2D eigenvalue weighted by Gasteiger charge is 2.29. The molecule has 14 heavy (non-hydrogen) atoms. The van der Waals surface area contributed by atoms with Crippen molar-refractivity contribution >= 4 is 17.5 Å². The summed E-state index contributed by atoms with van der Waals surface area (Å²) < 4.78 is 0. The maximum absolute atomic E-state index is 11.5. The molecule has 0 radical (unpaired) electrons. The predicted octanol–water partition coefficient (Wildman–Crippen LogP) is 0.826. The van der Waals surface area contributed by atoms with Crippen molar-refractivity contribution < 1.29 is 4.79 Å². The first-order chi connectivity index (χ1) is 6.75. The number of likely N-dealkylation sites (tertiary alicyclic amines) is 1. The molecular weight excluding hydrogens is 200 g/mol. The third-order valence-corrected chi connectivity index (χ3v) is 3.40. The van der Waals surface area contributed by atoms with Crippen LogP contribution < -0.4 is 5.32 Å². The van der Waals surface area contributed by atoms with Gasteiger partial charge in [-0.1, -0.05) is 0 Å². The monoisotopic (exact) mass is 216 g/mol. The number of hydrogen-bond donors (Lipinski definition) is 1. The van der Waals surface area contributed by atoms with Crippen LogP contribution in [0, 0.1) is 5.92 Å². The number of nitrogens with one attached hydrogen (secondary N) is 1. The maximum Gasteiger partial charge on any atom is 0.224 e. The molecule has 1 amide bonds. The molecule has 2 fully saturated rings. The molecule has 0 aromatic heterocycles. The van der Waals surface area contributed by atoms with Gasteiger partial charge in [0.25, 0.3) is 0 Å². The minimum Gasteiger partial charge on any atom is -0.341 e. The van der Waals surface area contributed by atoms with Crippen LogP contribution in [0.4, 0.5) is 0 Å². The molecule has 2 rings (SSSR count). The Morgan fingerprint density at radius 2 is 2.14 bits per heavy atom. The molecule has 3 nitrogen and oxygen atoms in total. The Balaban J connectivity index is 1.81. The molecule has 80 valence electrons. The first-order valence-electron chi connectivity index (χ1n) is 5.38. The quantitative estimate of drug-likeness (QED) is 0.694. The molecule has 2 heterocycles. The highest BCUT2D eigenvalue weighted by molar-refractivity contribution is 6.22. The van der Waals surface area contributed by atoms with Crippen molar-refractivity contribution in [2.75, 3.05) is 26.2 Å². The number of hydrogen-bond acceptors (Lipinski definition) is 2. The first kappa shape index (κ1) is 10.2. The van der Waals surface area contributed by atoms with Crippen LogP contribution in [0.3, 0.4) is 0 Å². The van der Waals surface area contributed by atoms with Crippen molar-refractivity contribution in [1.29, 1.82) is 0 Å². The van der Waals surface area contributed by atoms with Crippen molar-refractivity contribution in [3.8, 4) is 0 Å². The smallest absolute Gasteiger partial charge is 0.224 e. The Kier molecular flexibility index (Phi) is 3.29. The zero-order chi connectivity index (χ0) is 9.97. The molecule has 1 unspecified atom stereocenters. The van der Waals surface area contributed by atoms with Crippen LogP contribution in [-0.4, -0.2) is 42.4 Å². The number of alkyl halides is 1. The van der Waals surface area contributed by atoms with Crippen molar-refractivity contribution in [1.82, 2.24) is 10.2 Å². The second-order valence-corrected chi connectivity index (χ2v) is 4.91. The van der Waals surface area contributed by atoms with Crippen LogP contribution in [0.1, 0.15) is 19.3 Å². The van der Waals surface area contributed by atoms with Gasteiger partial charge in [-0.05, 0) is 31.8 Å². The third-order valence-electron chi connectivity index (χ3n) is 3.10. The number of amides is 1. The van der Waals surface area contributed by atoms with E-state index in [1.165, 1.54) is 12.8 Å². The Bertz CT molecular complexity index is 216. The van der Waals surface area contributed by atoms with Crippen molar-refractivity contribution in [2.24, 2.45) is 5.92 Å². The van der Waals surface area contributed by atoms with E-state index in [1.54, 1.807) is 0 Å². The highest BCUT2D eigenvalue weighted by Crippen LogP contribution is 2.20. The largest absolute Gasteiger partial charge is 0.341 e. The summed E-state index contributed by atoms with van der Waals surface area (Å²) in [4.78, 5) is 13.4. The summed E-state index contributed by atoms with van der Waals surface area (Å²) in [7, 11) is 0. The van der Waals surface area contributed by atoms with Crippen LogP contribution in [0.15, 0.2) is 0 Å². The van der Waals surface area contributed by atoms with Gasteiger partial charge in [0.15, 0.2) is 0 Å². The summed E-state index contributed by atoms with van der Waals surface area (Å²) in [5.74, 6) is 0.922. The van der Waals surface area contributed by atoms with Gasteiger partial charge in [0.05, 0.1) is 5.38 Å². The summed E-state index contributed by atoms with van der Waals surface area (Å²) >= 11 is 5.94. The van der Waals surface area contributed by atoms with E-state index in [4.69, 9.17) is 11.6 Å². The van der Waals surface area contributed by atoms with Crippen molar-refractivity contribution in [3.63, 3.8) is 0 Å². The fourth-order valence-corrected chi connectivity index (χ4v) is 2.57.